The second-order valence-corrected chi connectivity index (χ2v) is 5.47. The van der Waals surface area contributed by atoms with Crippen molar-refractivity contribution in [1.82, 2.24) is 0 Å². The van der Waals surface area contributed by atoms with Crippen molar-refractivity contribution in [2.75, 3.05) is 0 Å². The second-order valence-electron chi connectivity index (χ2n) is 2.52. The highest BCUT2D eigenvalue weighted by atomic mass is 32.2. The summed E-state index contributed by atoms with van der Waals surface area (Å²) >= 11 is 1.25. The maximum absolute atomic E-state index is 10.8. The van der Waals surface area contributed by atoms with Crippen molar-refractivity contribution in [2.24, 2.45) is 5.14 Å². The molecule has 0 atom stereocenters. The highest BCUT2D eigenvalue weighted by Gasteiger charge is 2.10. The van der Waals surface area contributed by atoms with Crippen LogP contribution >= 0.6 is 11.3 Å². The summed E-state index contributed by atoms with van der Waals surface area (Å²) < 4.78 is 21.9. The van der Waals surface area contributed by atoms with Crippen LogP contribution in [-0.2, 0) is 16.4 Å². The molecule has 0 aliphatic carbocycles. The van der Waals surface area contributed by atoms with E-state index < -0.39 is 10.0 Å². The minimum atomic E-state index is -3.48. The molecule has 12 heavy (non-hydrogen) atoms. The molecule has 0 bridgehead atoms. The molecule has 1 heterocycles. The van der Waals surface area contributed by atoms with E-state index in [9.17, 15) is 8.42 Å². The van der Waals surface area contributed by atoms with E-state index in [0.29, 0.717) is 0 Å². The van der Waals surface area contributed by atoms with E-state index in [4.69, 9.17) is 5.14 Å². The van der Waals surface area contributed by atoms with Gasteiger partial charge in [0.1, 0.15) is 4.21 Å². The Morgan fingerprint density at radius 2 is 2.17 bits per heavy atom. The van der Waals surface area contributed by atoms with Crippen molar-refractivity contribution < 1.29 is 8.42 Å². The van der Waals surface area contributed by atoms with Gasteiger partial charge in [0.2, 0.25) is 10.0 Å². The number of thiophene rings is 1. The summed E-state index contributed by atoms with van der Waals surface area (Å²) in [5.74, 6) is 0. The first kappa shape index (κ1) is 9.70. The van der Waals surface area contributed by atoms with Gasteiger partial charge in [-0.1, -0.05) is 13.3 Å². The van der Waals surface area contributed by atoms with Crippen LogP contribution < -0.4 is 5.14 Å². The van der Waals surface area contributed by atoms with E-state index in [1.165, 1.54) is 11.3 Å². The molecule has 0 aliphatic heterocycles. The van der Waals surface area contributed by atoms with Crippen LogP contribution in [0, 0.1) is 0 Å². The van der Waals surface area contributed by atoms with Gasteiger partial charge in [-0.3, -0.25) is 0 Å². The van der Waals surface area contributed by atoms with Gasteiger partial charge in [0.15, 0.2) is 0 Å². The zero-order valence-corrected chi connectivity index (χ0v) is 8.41. The lowest BCUT2D eigenvalue weighted by Crippen LogP contribution is -2.09. The Hall–Kier alpha value is -0.390. The third-order valence-corrected chi connectivity index (χ3v) is 4.00. The Kier molecular flexibility index (Phi) is 2.87. The Morgan fingerprint density at radius 3 is 2.58 bits per heavy atom. The molecule has 5 heteroatoms. The second kappa shape index (κ2) is 3.55. The fourth-order valence-electron chi connectivity index (χ4n) is 0.892. The van der Waals surface area contributed by atoms with Crippen molar-refractivity contribution in [2.45, 2.75) is 24.0 Å². The van der Waals surface area contributed by atoms with Gasteiger partial charge in [-0.2, -0.15) is 0 Å². The van der Waals surface area contributed by atoms with Crippen LogP contribution in [0.2, 0.25) is 0 Å². The Bertz CT molecular complexity index is 353. The van der Waals surface area contributed by atoms with Crippen molar-refractivity contribution in [3.63, 3.8) is 0 Å². The molecule has 1 aromatic rings. The maximum Gasteiger partial charge on any atom is 0.247 e. The van der Waals surface area contributed by atoms with Crippen LogP contribution in [0.1, 0.15) is 18.2 Å². The Morgan fingerprint density at radius 1 is 1.50 bits per heavy atom. The van der Waals surface area contributed by atoms with Crippen LogP contribution in [0.4, 0.5) is 0 Å². The van der Waals surface area contributed by atoms with Crippen molar-refractivity contribution in [3.05, 3.63) is 17.0 Å². The molecule has 0 saturated carbocycles. The normalized spacial score (nSPS) is 11.8. The number of rotatable bonds is 3. The molecule has 0 radical (unpaired) electrons. The Labute approximate surface area is 76.3 Å². The number of primary sulfonamides is 1. The van der Waals surface area contributed by atoms with Gasteiger partial charge < -0.3 is 0 Å². The average Bonchev–Trinajstić information content (AvgIpc) is 2.35. The van der Waals surface area contributed by atoms with Gasteiger partial charge in [-0.15, -0.1) is 11.3 Å². The van der Waals surface area contributed by atoms with Crippen LogP contribution in [0.5, 0.6) is 0 Å². The summed E-state index contributed by atoms with van der Waals surface area (Å²) in [5.41, 5.74) is 0. The molecule has 0 amide bonds. The third-order valence-electron chi connectivity index (χ3n) is 1.41. The third kappa shape index (κ3) is 2.30. The summed E-state index contributed by atoms with van der Waals surface area (Å²) in [7, 11) is -3.48. The van der Waals surface area contributed by atoms with E-state index in [1.807, 2.05) is 6.07 Å². The number of hydrogen-bond donors (Lipinski definition) is 1. The number of aryl methyl sites for hydroxylation is 1. The molecule has 2 N–H and O–H groups in total. The topological polar surface area (TPSA) is 60.2 Å². The number of sulfonamides is 1. The quantitative estimate of drug-likeness (QED) is 0.809. The molecule has 0 spiro atoms. The van der Waals surface area contributed by atoms with Crippen molar-refractivity contribution in [3.8, 4) is 0 Å². The summed E-state index contributed by atoms with van der Waals surface area (Å²) in [6.07, 6.45) is 1.94. The van der Waals surface area contributed by atoms with Gasteiger partial charge in [-0.25, -0.2) is 13.6 Å². The van der Waals surface area contributed by atoms with Crippen LogP contribution in [0.3, 0.4) is 0 Å². The van der Waals surface area contributed by atoms with Gasteiger partial charge in [-0.05, 0) is 18.6 Å². The van der Waals surface area contributed by atoms with Gasteiger partial charge in [0, 0.05) is 4.88 Å². The molecule has 0 unspecified atom stereocenters. The summed E-state index contributed by atoms with van der Waals surface area (Å²) in [4.78, 5) is 1.07. The lowest BCUT2D eigenvalue weighted by molar-refractivity contribution is 0.600. The summed E-state index contributed by atoms with van der Waals surface area (Å²) in [6.45, 7) is 2.05. The Balaban J connectivity index is 2.92. The smallest absolute Gasteiger partial charge is 0.224 e. The molecule has 0 aromatic carbocycles. The number of nitrogens with two attached hydrogens (primary N) is 1. The molecule has 1 rings (SSSR count). The highest BCUT2D eigenvalue weighted by Crippen LogP contribution is 2.21. The molecular formula is C7H11NO2S2. The minimum Gasteiger partial charge on any atom is -0.224 e. The summed E-state index contributed by atoms with van der Waals surface area (Å²) in [6, 6.07) is 3.37. The van der Waals surface area contributed by atoms with Crippen molar-refractivity contribution in [1.29, 1.82) is 0 Å². The van der Waals surface area contributed by atoms with Crippen molar-refractivity contribution >= 4 is 21.4 Å². The first-order valence-corrected chi connectivity index (χ1v) is 6.02. The molecular weight excluding hydrogens is 194 g/mol. The van der Waals surface area contributed by atoms with Crippen LogP contribution in [0.25, 0.3) is 0 Å². The van der Waals surface area contributed by atoms with E-state index in [-0.39, 0.29) is 4.21 Å². The highest BCUT2D eigenvalue weighted by molar-refractivity contribution is 7.91. The first-order valence-electron chi connectivity index (χ1n) is 3.65. The van der Waals surface area contributed by atoms with Gasteiger partial charge in [0.05, 0.1) is 0 Å². The molecule has 68 valence electrons. The molecule has 3 nitrogen and oxygen atoms in total. The summed E-state index contributed by atoms with van der Waals surface area (Å²) in [5, 5.41) is 4.95. The molecule has 0 fully saturated rings. The zero-order chi connectivity index (χ0) is 9.19. The monoisotopic (exact) mass is 205 g/mol. The molecule has 1 aromatic heterocycles. The molecule has 0 saturated heterocycles. The maximum atomic E-state index is 10.8. The predicted octanol–water partition coefficient (Wildman–Crippen LogP) is 1.35. The van der Waals surface area contributed by atoms with E-state index in [1.54, 1.807) is 6.07 Å². The number of hydrogen-bond acceptors (Lipinski definition) is 3. The first-order chi connectivity index (χ1) is 5.54. The largest absolute Gasteiger partial charge is 0.247 e. The molecule has 0 aliphatic rings. The fraction of sp³-hybridized carbons (Fsp3) is 0.429. The minimum absolute atomic E-state index is 0.256. The van der Waals surface area contributed by atoms with E-state index in [0.717, 1.165) is 17.7 Å². The lowest BCUT2D eigenvalue weighted by atomic mass is 10.3. The fourth-order valence-corrected chi connectivity index (χ4v) is 2.77. The van der Waals surface area contributed by atoms with E-state index in [2.05, 4.69) is 6.92 Å². The SMILES string of the molecule is CCCc1ccc(S(N)(=O)=O)s1. The van der Waals surface area contributed by atoms with Gasteiger partial charge >= 0.3 is 0 Å². The predicted molar refractivity (Wildman–Crippen MR) is 49.7 cm³/mol. The zero-order valence-electron chi connectivity index (χ0n) is 6.78. The lowest BCUT2D eigenvalue weighted by Gasteiger charge is -1.90. The van der Waals surface area contributed by atoms with Crippen LogP contribution in [0.15, 0.2) is 16.3 Å². The average molecular weight is 205 g/mol. The standard InChI is InChI=1S/C7H11NO2S2/c1-2-3-6-4-5-7(11-6)12(8,9)10/h4-5H,2-3H2,1H3,(H2,8,9,10). The van der Waals surface area contributed by atoms with E-state index >= 15 is 0 Å². The van der Waals surface area contributed by atoms with Crippen LogP contribution in [-0.4, -0.2) is 8.42 Å². The van der Waals surface area contributed by atoms with Gasteiger partial charge in [0.25, 0.3) is 0 Å².